The number of phosphoric ester groups is 2. The number of esters is 4. The third kappa shape index (κ3) is 72.2. The second-order valence-corrected chi connectivity index (χ2v) is 32.4. The molecule has 0 aromatic heterocycles. The van der Waals surface area contributed by atoms with Crippen molar-refractivity contribution in [3.05, 3.63) is 0 Å². The van der Waals surface area contributed by atoms with E-state index in [1.54, 1.807) is 0 Å². The van der Waals surface area contributed by atoms with Crippen molar-refractivity contribution in [2.45, 2.75) is 420 Å². The predicted molar refractivity (Wildman–Crippen MR) is 395 cm³/mol. The van der Waals surface area contributed by atoms with Crippen molar-refractivity contribution in [2.75, 3.05) is 39.6 Å². The molecule has 0 heterocycles. The average Bonchev–Trinajstić information content (AvgIpc) is 2.44. The van der Waals surface area contributed by atoms with Crippen molar-refractivity contribution in [3.8, 4) is 0 Å². The van der Waals surface area contributed by atoms with E-state index in [0.29, 0.717) is 31.6 Å². The molecule has 0 saturated carbocycles. The van der Waals surface area contributed by atoms with Crippen LogP contribution in [0.25, 0.3) is 0 Å². The summed E-state index contributed by atoms with van der Waals surface area (Å²) in [6.07, 6.45) is 55.7. The molecule has 5 atom stereocenters. The van der Waals surface area contributed by atoms with Crippen molar-refractivity contribution in [1.29, 1.82) is 0 Å². The summed E-state index contributed by atoms with van der Waals surface area (Å²) < 4.78 is 68.6. The third-order valence-corrected chi connectivity index (χ3v) is 20.0. The Hall–Kier alpha value is -1.94. The van der Waals surface area contributed by atoms with Gasteiger partial charge in [0.2, 0.25) is 0 Å². The Bertz CT molecular complexity index is 1890. The highest BCUT2D eigenvalue weighted by Crippen LogP contribution is 2.45. The molecule has 2 unspecified atom stereocenters. The SMILES string of the molecule is CCCCCCCCCCCCCCCCCCCCC(=O)O[C@H](COC(=O)CCCCCCCCCCCCCCCCC(C)C)COP(=O)(O)OC[C@@H](O)COP(=O)(O)OC[C@@H](COC(=O)CCCCCCCCC(C)C)OC(=O)CCCCCCCCCCCCC(C)C. The van der Waals surface area contributed by atoms with E-state index in [2.05, 4.69) is 48.5 Å². The summed E-state index contributed by atoms with van der Waals surface area (Å²) in [5.74, 6) is 0.114. The molecule has 0 amide bonds. The molecular formula is C78H152O17P2. The van der Waals surface area contributed by atoms with Crippen molar-refractivity contribution in [1.82, 2.24) is 0 Å². The predicted octanol–water partition coefficient (Wildman–Crippen LogP) is 23.0. The molecule has 97 heavy (non-hydrogen) atoms. The van der Waals surface area contributed by atoms with E-state index in [9.17, 15) is 43.2 Å². The van der Waals surface area contributed by atoms with Gasteiger partial charge in [0, 0.05) is 25.7 Å². The first-order valence-electron chi connectivity index (χ1n) is 40.3. The molecule has 0 aliphatic heterocycles. The number of phosphoric acid groups is 2. The normalized spacial score (nSPS) is 14.0. The minimum Gasteiger partial charge on any atom is -0.462 e. The fourth-order valence-corrected chi connectivity index (χ4v) is 13.5. The molecule has 0 radical (unpaired) electrons. The molecule has 0 aromatic rings. The second-order valence-electron chi connectivity index (χ2n) is 29.5. The number of carbonyl (C=O) groups excluding carboxylic acids is 4. The summed E-state index contributed by atoms with van der Waals surface area (Å²) in [5.41, 5.74) is 0. The Morgan fingerprint density at radius 2 is 0.474 bits per heavy atom. The van der Waals surface area contributed by atoms with Gasteiger partial charge < -0.3 is 33.8 Å². The van der Waals surface area contributed by atoms with Crippen LogP contribution >= 0.6 is 15.6 Å². The smallest absolute Gasteiger partial charge is 0.462 e. The maximum Gasteiger partial charge on any atom is 0.472 e. The van der Waals surface area contributed by atoms with Crippen molar-refractivity contribution in [2.24, 2.45) is 17.8 Å². The summed E-state index contributed by atoms with van der Waals surface area (Å²) in [7, 11) is -9.91. The lowest BCUT2D eigenvalue weighted by molar-refractivity contribution is -0.161. The van der Waals surface area contributed by atoms with E-state index >= 15 is 0 Å². The zero-order valence-corrected chi connectivity index (χ0v) is 65.3. The lowest BCUT2D eigenvalue weighted by Gasteiger charge is -2.21. The number of hydrogen-bond acceptors (Lipinski definition) is 15. The van der Waals surface area contributed by atoms with Gasteiger partial charge in [-0.1, -0.05) is 350 Å². The van der Waals surface area contributed by atoms with Gasteiger partial charge in [0.15, 0.2) is 12.2 Å². The first kappa shape index (κ1) is 95.1. The van der Waals surface area contributed by atoms with Gasteiger partial charge in [-0.05, 0) is 43.4 Å². The first-order valence-corrected chi connectivity index (χ1v) is 43.3. The maximum atomic E-state index is 13.1. The van der Waals surface area contributed by atoms with Crippen LogP contribution in [0.5, 0.6) is 0 Å². The molecule has 0 aliphatic rings. The number of carbonyl (C=O) groups is 4. The van der Waals surface area contributed by atoms with E-state index in [0.717, 1.165) is 108 Å². The fraction of sp³-hybridized carbons (Fsp3) is 0.949. The van der Waals surface area contributed by atoms with E-state index in [1.165, 1.54) is 205 Å². The quantitative estimate of drug-likeness (QED) is 0.0222. The molecule has 0 spiro atoms. The van der Waals surface area contributed by atoms with Crippen LogP contribution in [0.4, 0.5) is 0 Å². The standard InChI is InChI=1S/C78H152O17P2/c1-8-9-10-11-12-13-14-15-16-17-18-19-24-27-33-38-47-54-61-77(82)94-73(65-88-75(80)59-52-45-37-32-26-23-21-20-22-25-30-35-42-49-56-69(2)3)67-92-96(84,85)90-63-72(79)64-91-97(86,87)93-68-74(66-89-76(81)60-53-46-41-40-44-51-58-71(6)7)95-78(83)62-55-48-39-34-29-28-31-36-43-50-57-70(4)5/h69-74,79H,8-68H2,1-7H3,(H,84,85)(H,86,87)/t72-,73-,74-/m1/s1. The molecule has 0 bridgehead atoms. The summed E-state index contributed by atoms with van der Waals surface area (Å²) in [5, 5.41) is 10.6. The summed E-state index contributed by atoms with van der Waals surface area (Å²) in [4.78, 5) is 72.9. The van der Waals surface area contributed by atoms with Gasteiger partial charge in [-0.15, -0.1) is 0 Å². The molecular weight excluding hydrogens is 1270 g/mol. The summed E-state index contributed by atoms with van der Waals surface area (Å²) in [6.45, 7) is 11.8. The minimum absolute atomic E-state index is 0.105. The number of ether oxygens (including phenoxy) is 4. The van der Waals surface area contributed by atoms with Crippen LogP contribution in [0, 0.1) is 17.8 Å². The van der Waals surface area contributed by atoms with E-state index in [-0.39, 0.29) is 25.7 Å². The van der Waals surface area contributed by atoms with Crippen LogP contribution < -0.4 is 0 Å². The number of rotatable bonds is 76. The lowest BCUT2D eigenvalue weighted by Crippen LogP contribution is -2.30. The zero-order valence-electron chi connectivity index (χ0n) is 63.5. The fourth-order valence-electron chi connectivity index (χ4n) is 12.0. The molecule has 576 valence electrons. The molecule has 3 N–H and O–H groups in total. The van der Waals surface area contributed by atoms with Gasteiger partial charge in [-0.2, -0.15) is 0 Å². The second kappa shape index (κ2) is 68.5. The van der Waals surface area contributed by atoms with Gasteiger partial charge in [-0.25, -0.2) is 9.13 Å². The van der Waals surface area contributed by atoms with Gasteiger partial charge in [0.05, 0.1) is 26.4 Å². The van der Waals surface area contributed by atoms with Crippen molar-refractivity contribution < 1.29 is 80.2 Å². The molecule has 0 fully saturated rings. The molecule has 0 aromatic carbocycles. The van der Waals surface area contributed by atoms with Crippen LogP contribution in [0.2, 0.25) is 0 Å². The van der Waals surface area contributed by atoms with E-state index in [1.807, 2.05) is 0 Å². The lowest BCUT2D eigenvalue weighted by atomic mass is 10.0. The van der Waals surface area contributed by atoms with Gasteiger partial charge in [0.25, 0.3) is 0 Å². The Balaban J connectivity index is 5.23. The third-order valence-electron chi connectivity index (χ3n) is 18.1. The Morgan fingerprint density at radius 1 is 0.278 bits per heavy atom. The Kier molecular flexibility index (Phi) is 67.1. The monoisotopic (exact) mass is 1420 g/mol. The van der Waals surface area contributed by atoms with Crippen LogP contribution in [0.15, 0.2) is 0 Å². The largest absolute Gasteiger partial charge is 0.472 e. The van der Waals surface area contributed by atoms with E-state index < -0.39 is 97.5 Å². The summed E-state index contributed by atoms with van der Waals surface area (Å²) in [6, 6.07) is 0. The minimum atomic E-state index is -4.96. The van der Waals surface area contributed by atoms with Crippen molar-refractivity contribution >= 4 is 39.5 Å². The molecule has 0 saturated heterocycles. The topological polar surface area (TPSA) is 237 Å². The maximum absolute atomic E-state index is 13.1. The molecule has 17 nitrogen and oxygen atoms in total. The van der Waals surface area contributed by atoms with Gasteiger partial charge in [0.1, 0.15) is 19.3 Å². The van der Waals surface area contributed by atoms with Crippen LogP contribution in [0.3, 0.4) is 0 Å². The van der Waals surface area contributed by atoms with Crippen molar-refractivity contribution in [3.63, 3.8) is 0 Å². The average molecular weight is 1420 g/mol. The highest BCUT2D eigenvalue weighted by atomic mass is 31.2. The summed E-state index contributed by atoms with van der Waals surface area (Å²) >= 11 is 0. The van der Waals surface area contributed by atoms with Crippen LogP contribution in [-0.2, 0) is 65.4 Å². The number of unbranched alkanes of at least 4 members (excludes halogenated alkanes) is 44. The molecule has 0 rings (SSSR count). The first-order chi connectivity index (χ1) is 46.7. The highest BCUT2D eigenvalue weighted by molar-refractivity contribution is 7.47. The Morgan fingerprint density at radius 3 is 0.701 bits per heavy atom. The van der Waals surface area contributed by atoms with Crippen LogP contribution in [-0.4, -0.2) is 96.7 Å². The number of aliphatic hydroxyl groups is 1. The molecule has 19 heteroatoms. The molecule has 0 aliphatic carbocycles. The van der Waals surface area contributed by atoms with Gasteiger partial charge >= 0.3 is 39.5 Å². The zero-order chi connectivity index (χ0) is 71.6. The number of hydrogen-bond donors (Lipinski definition) is 3. The highest BCUT2D eigenvalue weighted by Gasteiger charge is 2.30. The Labute approximate surface area is 594 Å². The van der Waals surface area contributed by atoms with Gasteiger partial charge in [-0.3, -0.25) is 37.3 Å². The van der Waals surface area contributed by atoms with E-state index in [4.69, 9.17) is 37.0 Å². The number of aliphatic hydroxyl groups excluding tert-OH is 1. The van der Waals surface area contributed by atoms with Crippen LogP contribution in [0.1, 0.15) is 402 Å².